The van der Waals surface area contributed by atoms with Crippen LogP contribution in [0.2, 0.25) is 0 Å². The fourth-order valence-electron chi connectivity index (χ4n) is 2.09. The van der Waals surface area contributed by atoms with Gasteiger partial charge in [0.25, 0.3) is 0 Å². The van der Waals surface area contributed by atoms with E-state index in [4.69, 9.17) is 5.11 Å². The molecule has 1 N–H and O–H groups in total. The fraction of sp³-hybridized carbons (Fsp3) is 0.917. The predicted molar refractivity (Wildman–Crippen MR) is 73.5 cm³/mol. The molecule has 1 aliphatic rings. The molecule has 0 atom stereocenters. The lowest BCUT2D eigenvalue weighted by molar-refractivity contribution is -0.138. The molecule has 19 heavy (non-hydrogen) atoms. The summed E-state index contributed by atoms with van der Waals surface area (Å²) in [6.45, 7) is 6.03. The zero-order chi connectivity index (χ0) is 14.5. The molecule has 112 valence electrons. The summed E-state index contributed by atoms with van der Waals surface area (Å²) < 4.78 is 25.8. The summed E-state index contributed by atoms with van der Waals surface area (Å²) in [6, 6.07) is 0. The lowest BCUT2D eigenvalue weighted by Crippen LogP contribution is -2.37. The van der Waals surface area contributed by atoms with Crippen LogP contribution in [0.3, 0.4) is 0 Å². The Balaban J connectivity index is 2.54. The molecular formula is C12H24N2O4S. The van der Waals surface area contributed by atoms with Gasteiger partial charge < -0.3 is 5.11 Å². The van der Waals surface area contributed by atoms with Crippen LogP contribution >= 0.6 is 0 Å². The minimum absolute atomic E-state index is 0.0140. The predicted octanol–water partition coefficient (Wildman–Crippen LogP) is 0.455. The number of hydrogen-bond acceptors (Lipinski definition) is 4. The van der Waals surface area contributed by atoms with Crippen LogP contribution in [0.25, 0.3) is 0 Å². The van der Waals surface area contributed by atoms with Gasteiger partial charge in [-0.05, 0) is 18.8 Å². The van der Waals surface area contributed by atoms with Gasteiger partial charge in [0.2, 0.25) is 10.0 Å². The molecular weight excluding hydrogens is 268 g/mol. The molecule has 7 heteroatoms. The molecule has 6 nitrogen and oxygen atoms in total. The summed E-state index contributed by atoms with van der Waals surface area (Å²) in [6.07, 6.45) is 1.35. The Morgan fingerprint density at radius 1 is 1.21 bits per heavy atom. The molecule has 1 heterocycles. The number of carboxylic acids is 1. The van der Waals surface area contributed by atoms with Crippen LogP contribution < -0.4 is 0 Å². The van der Waals surface area contributed by atoms with Crippen LogP contribution in [0.4, 0.5) is 0 Å². The van der Waals surface area contributed by atoms with Crippen LogP contribution in [0.15, 0.2) is 0 Å². The van der Waals surface area contributed by atoms with Crippen LogP contribution in [0.1, 0.15) is 26.7 Å². The Hall–Kier alpha value is -0.660. The van der Waals surface area contributed by atoms with Crippen molar-refractivity contribution in [3.8, 4) is 0 Å². The van der Waals surface area contributed by atoms with Crippen molar-refractivity contribution in [3.63, 3.8) is 0 Å². The maximum atomic E-state index is 12.2. The van der Waals surface area contributed by atoms with Gasteiger partial charge in [0, 0.05) is 26.2 Å². The average Bonchev–Trinajstić information content (AvgIpc) is 2.52. The van der Waals surface area contributed by atoms with Gasteiger partial charge in [0.05, 0.1) is 12.3 Å². The third-order valence-electron chi connectivity index (χ3n) is 3.25. The van der Waals surface area contributed by atoms with Gasteiger partial charge in [-0.1, -0.05) is 13.8 Å². The van der Waals surface area contributed by atoms with Crippen molar-refractivity contribution in [1.29, 1.82) is 0 Å². The first kappa shape index (κ1) is 16.4. The number of aliphatic carboxylic acids is 1. The second kappa shape index (κ2) is 7.21. The van der Waals surface area contributed by atoms with E-state index in [1.807, 2.05) is 13.8 Å². The van der Waals surface area contributed by atoms with Gasteiger partial charge in [0.1, 0.15) is 0 Å². The van der Waals surface area contributed by atoms with Gasteiger partial charge in [-0.25, -0.2) is 12.7 Å². The van der Waals surface area contributed by atoms with Gasteiger partial charge in [-0.15, -0.1) is 0 Å². The fourth-order valence-corrected chi connectivity index (χ4v) is 3.88. The van der Waals surface area contributed by atoms with Crippen LogP contribution in [-0.2, 0) is 14.8 Å². The molecule has 0 aromatic heterocycles. The maximum Gasteiger partial charge on any atom is 0.317 e. The molecule has 1 rings (SSSR count). The second-order valence-corrected chi connectivity index (χ2v) is 7.51. The van der Waals surface area contributed by atoms with E-state index in [9.17, 15) is 13.2 Å². The number of carbonyl (C=O) groups is 1. The molecule has 0 radical (unpaired) electrons. The largest absolute Gasteiger partial charge is 0.480 e. The Labute approximate surface area is 115 Å². The molecule has 0 bridgehead atoms. The number of hydrogen-bond donors (Lipinski definition) is 1. The van der Waals surface area contributed by atoms with E-state index >= 15 is 0 Å². The van der Waals surface area contributed by atoms with E-state index in [0.29, 0.717) is 44.9 Å². The minimum atomic E-state index is -3.19. The Bertz CT molecular complexity index is 395. The summed E-state index contributed by atoms with van der Waals surface area (Å²) in [5.74, 6) is -0.315. The van der Waals surface area contributed by atoms with Crippen molar-refractivity contribution in [1.82, 2.24) is 9.21 Å². The molecule has 0 spiro atoms. The third-order valence-corrected chi connectivity index (χ3v) is 5.16. The smallest absolute Gasteiger partial charge is 0.317 e. The number of sulfonamides is 1. The summed E-state index contributed by atoms with van der Waals surface area (Å²) in [4.78, 5) is 12.5. The van der Waals surface area contributed by atoms with E-state index in [-0.39, 0.29) is 12.3 Å². The molecule has 0 saturated carbocycles. The summed E-state index contributed by atoms with van der Waals surface area (Å²) in [7, 11) is -3.19. The normalized spacial score (nSPS) is 19.5. The molecule has 0 aromatic rings. The Kier molecular flexibility index (Phi) is 6.22. The number of carboxylic acid groups (broad SMARTS) is 1. The van der Waals surface area contributed by atoms with Crippen LogP contribution in [0.5, 0.6) is 0 Å². The first-order chi connectivity index (χ1) is 8.81. The molecule has 0 amide bonds. The topological polar surface area (TPSA) is 77.9 Å². The number of nitrogens with zero attached hydrogens (tertiary/aromatic N) is 2. The van der Waals surface area contributed by atoms with Gasteiger partial charge >= 0.3 is 5.97 Å². The van der Waals surface area contributed by atoms with E-state index in [1.54, 1.807) is 4.90 Å². The molecule has 0 aromatic carbocycles. The first-order valence-corrected chi connectivity index (χ1v) is 8.34. The third kappa shape index (κ3) is 5.88. The second-order valence-electron chi connectivity index (χ2n) is 5.42. The summed E-state index contributed by atoms with van der Waals surface area (Å²) in [5.41, 5.74) is 0. The molecule has 1 aliphatic heterocycles. The van der Waals surface area contributed by atoms with E-state index in [0.717, 1.165) is 0 Å². The van der Waals surface area contributed by atoms with Gasteiger partial charge in [-0.2, -0.15) is 0 Å². The van der Waals surface area contributed by atoms with E-state index in [2.05, 4.69) is 0 Å². The Morgan fingerprint density at radius 3 is 2.47 bits per heavy atom. The van der Waals surface area contributed by atoms with Crippen molar-refractivity contribution in [3.05, 3.63) is 0 Å². The van der Waals surface area contributed by atoms with Crippen molar-refractivity contribution < 1.29 is 18.3 Å². The Morgan fingerprint density at radius 2 is 1.89 bits per heavy atom. The van der Waals surface area contributed by atoms with E-state index in [1.165, 1.54) is 4.31 Å². The molecule has 1 fully saturated rings. The lowest BCUT2D eigenvalue weighted by atomic mass is 10.2. The maximum absolute atomic E-state index is 12.2. The highest BCUT2D eigenvalue weighted by Crippen LogP contribution is 2.12. The van der Waals surface area contributed by atoms with Crippen LogP contribution in [-0.4, -0.2) is 67.2 Å². The monoisotopic (exact) mass is 292 g/mol. The summed E-state index contributed by atoms with van der Waals surface area (Å²) >= 11 is 0. The highest BCUT2D eigenvalue weighted by Gasteiger charge is 2.25. The van der Waals surface area contributed by atoms with Crippen molar-refractivity contribution >= 4 is 16.0 Å². The highest BCUT2D eigenvalue weighted by molar-refractivity contribution is 7.89. The molecule has 0 aliphatic carbocycles. The minimum Gasteiger partial charge on any atom is -0.480 e. The quantitative estimate of drug-likeness (QED) is 0.769. The lowest BCUT2D eigenvalue weighted by Gasteiger charge is -2.21. The average molecular weight is 292 g/mol. The van der Waals surface area contributed by atoms with Gasteiger partial charge in [0.15, 0.2) is 0 Å². The van der Waals surface area contributed by atoms with Crippen molar-refractivity contribution in [2.75, 3.05) is 38.5 Å². The first-order valence-electron chi connectivity index (χ1n) is 6.73. The van der Waals surface area contributed by atoms with Crippen molar-refractivity contribution in [2.24, 2.45) is 5.92 Å². The molecule has 0 unspecified atom stereocenters. The standard InChI is InChI=1S/C12H24N2O4S/c1-11(2)4-9-19(17,18)14-6-3-5-13(7-8-14)10-12(15)16/h11H,3-10H2,1-2H3,(H,15,16). The van der Waals surface area contributed by atoms with E-state index < -0.39 is 16.0 Å². The SMILES string of the molecule is CC(C)CCS(=O)(=O)N1CCCN(CC(=O)O)CC1. The van der Waals surface area contributed by atoms with Gasteiger partial charge in [-0.3, -0.25) is 9.69 Å². The zero-order valence-corrected chi connectivity index (χ0v) is 12.5. The zero-order valence-electron chi connectivity index (χ0n) is 11.7. The molecule has 1 saturated heterocycles. The summed E-state index contributed by atoms with van der Waals surface area (Å²) in [5, 5.41) is 8.76. The van der Waals surface area contributed by atoms with Crippen LogP contribution in [0, 0.1) is 5.92 Å². The number of rotatable bonds is 6. The highest BCUT2D eigenvalue weighted by atomic mass is 32.2. The van der Waals surface area contributed by atoms with Crippen molar-refractivity contribution in [2.45, 2.75) is 26.7 Å².